The monoisotopic (exact) mass is 267 g/mol. The van der Waals surface area contributed by atoms with Gasteiger partial charge >= 0.3 is 0 Å². The van der Waals surface area contributed by atoms with Gasteiger partial charge in [0.1, 0.15) is 6.10 Å². The summed E-state index contributed by atoms with van der Waals surface area (Å²) in [6.45, 7) is 7.66. The van der Waals surface area contributed by atoms with Gasteiger partial charge in [0, 0.05) is 38.3 Å². The van der Waals surface area contributed by atoms with Crippen molar-refractivity contribution in [2.75, 3.05) is 39.3 Å². The first-order valence-electron chi connectivity index (χ1n) is 7.66. The topological polar surface area (TPSA) is 44.8 Å². The molecule has 3 heterocycles. The summed E-state index contributed by atoms with van der Waals surface area (Å²) >= 11 is 0. The highest BCUT2D eigenvalue weighted by atomic mass is 16.5. The molecule has 2 bridgehead atoms. The van der Waals surface area contributed by atoms with Crippen molar-refractivity contribution in [1.29, 1.82) is 0 Å². The summed E-state index contributed by atoms with van der Waals surface area (Å²) in [5.41, 5.74) is 0. The van der Waals surface area contributed by atoms with Crippen molar-refractivity contribution in [3.05, 3.63) is 0 Å². The molecule has 0 aromatic heterocycles. The zero-order valence-corrected chi connectivity index (χ0v) is 11.8. The third-order valence-corrected chi connectivity index (χ3v) is 4.77. The van der Waals surface area contributed by atoms with Gasteiger partial charge in [0.25, 0.3) is 5.91 Å². The normalized spacial score (nSPS) is 36.3. The van der Waals surface area contributed by atoms with Crippen LogP contribution in [0.3, 0.4) is 0 Å². The first kappa shape index (κ1) is 13.3. The van der Waals surface area contributed by atoms with Crippen molar-refractivity contribution in [3.8, 4) is 0 Å². The van der Waals surface area contributed by atoms with Crippen LogP contribution in [0, 0.1) is 0 Å². The van der Waals surface area contributed by atoms with E-state index < -0.39 is 0 Å². The van der Waals surface area contributed by atoms with Crippen LogP contribution in [-0.2, 0) is 9.53 Å². The third-order valence-electron chi connectivity index (χ3n) is 4.77. The molecule has 0 spiro atoms. The second-order valence-electron chi connectivity index (χ2n) is 5.88. The van der Waals surface area contributed by atoms with Crippen molar-refractivity contribution >= 4 is 5.91 Å². The number of amides is 1. The molecule has 0 aliphatic carbocycles. The molecule has 3 aliphatic heterocycles. The van der Waals surface area contributed by atoms with E-state index in [9.17, 15) is 4.79 Å². The molecular weight excluding hydrogens is 242 g/mol. The fourth-order valence-corrected chi connectivity index (χ4v) is 3.68. The maximum absolute atomic E-state index is 12.7. The molecule has 108 valence electrons. The van der Waals surface area contributed by atoms with E-state index in [1.807, 2.05) is 0 Å². The van der Waals surface area contributed by atoms with Crippen molar-refractivity contribution in [1.82, 2.24) is 15.1 Å². The predicted octanol–water partition coefficient (Wildman–Crippen LogP) is 0.0600. The summed E-state index contributed by atoms with van der Waals surface area (Å²) in [6, 6.07) is 0.852. The van der Waals surface area contributed by atoms with Gasteiger partial charge in [-0.25, -0.2) is 0 Å². The van der Waals surface area contributed by atoms with Crippen LogP contribution in [0.25, 0.3) is 0 Å². The van der Waals surface area contributed by atoms with E-state index in [0.717, 1.165) is 39.0 Å². The Morgan fingerprint density at radius 1 is 1.32 bits per heavy atom. The van der Waals surface area contributed by atoms with Crippen LogP contribution in [0.15, 0.2) is 0 Å². The number of hydrogen-bond acceptors (Lipinski definition) is 4. The standard InChI is InChI=1S/C14H25N3O2/c1-2-16-7-5-11-3-4-12(10-16)17(11)14(18)13-9-15-6-8-19-13/h11-13,15H,2-10H2,1H3. The molecule has 3 rings (SSSR count). The van der Waals surface area contributed by atoms with Crippen LogP contribution in [0.1, 0.15) is 26.2 Å². The number of nitrogens with zero attached hydrogens (tertiary/aromatic N) is 2. The average Bonchev–Trinajstić information content (AvgIpc) is 2.74. The van der Waals surface area contributed by atoms with Gasteiger partial charge in [-0.15, -0.1) is 0 Å². The van der Waals surface area contributed by atoms with Crippen molar-refractivity contribution in [3.63, 3.8) is 0 Å². The maximum Gasteiger partial charge on any atom is 0.253 e. The average molecular weight is 267 g/mol. The lowest BCUT2D eigenvalue weighted by Crippen LogP contribution is -2.53. The summed E-state index contributed by atoms with van der Waals surface area (Å²) in [5, 5.41) is 3.26. The molecule has 1 N–H and O–H groups in total. The number of ether oxygens (including phenoxy) is 1. The van der Waals surface area contributed by atoms with E-state index in [1.165, 1.54) is 6.42 Å². The second-order valence-corrected chi connectivity index (χ2v) is 5.88. The Bertz CT molecular complexity index is 331. The van der Waals surface area contributed by atoms with E-state index in [0.29, 0.717) is 25.2 Å². The maximum atomic E-state index is 12.7. The minimum absolute atomic E-state index is 0.220. The first-order chi connectivity index (χ1) is 9.29. The van der Waals surface area contributed by atoms with Gasteiger partial charge in [0.2, 0.25) is 0 Å². The Balaban J connectivity index is 1.70. The van der Waals surface area contributed by atoms with Crippen LogP contribution >= 0.6 is 0 Å². The molecule has 0 aromatic rings. The van der Waals surface area contributed by atoms with E-state index in [-0.39, 0.29) is 12.0 Å². The van der Waals surface area contributed by atoms with Crippen LogP contribution in [0.5, 0.6) is 0 Å². The number of likely N-dealkylation sites (tertiary alicyclic amines) is 1. The molecule has 1 amide bonds. The number of morpholine rings is 1. The number of nitrogens with one attached hydrogen (secondary N) is 1. The number of carbonyl (C=O) groups excluding carboxylic acids is 1. The Labute approximate surface area is 115 Å². The SMILES string of the molecule is CCN1CCC2CCC(C1)N2C(=O)C1CNCCO1. The smallest absolute Gasteiger partial charge is 0.253 e. The Kier molecular flexibility index (Phi) is 4.05. The van der Waals surface area contributed by atoms with E-state index >= 15 is 0 Å². The molecule has 5 heteroatoms. The fraction of sp³-hybridized carbons (Fsp3) is 0.929. The van der Waals surface area contributed by atoms with Gasteiger partial charge in [-0.2, -0.15) is 0 Å². The number of fused-ring (bicyclic) bond motifs is 2. The number of carbonyl (C=O) groups is 1. The quantitative estimate of drug-likeness (QED) is 0.768. The zero-order valence-electron chi connectivity index (χ0n) is 11.8. The zero-order chi connectivity index (χ0) is 13.2. The Morgan fingerprint density at radius 2 is 2.16 bits per heavy atom. The molecule has 3 atom stereocenters. The van der Waals surface area contributed by atoms with Gasteiger partial charge < -0.3 is 19.9 Å². The minimum atomic E-state index is -0.259. The summed E-state index contributed by atoms with van der Waals surface area (Å²) < 4.78 is 5.64. The fourth-order valence-electron chi connectivity index (χ4n) is 3.68. The summed E-state index contributed by atoms with van der Waals surface area (Å²) in [5.74, 6) is 0.220. The molecule has 3 aliphatic rings. The first-order valence-corrected chi connectivity index (χ1v) is 7.66. The summed E-state index contributed by atoms with van der Waals surface area (Å²) in [4.78, 5) is 17.3. The van der Waals surface area contributed by atoms with Crippen LogP contribution in [0.2, 0.25) is 0 Å². The van der Waals surface area contributed by atoms with Gasteiger partial charge in [-0.3, -0.25) is 4.79 Å². The van der Waals surface area contributed by atoms with E-state index in [4.69, 9.17) is 4.74 Å². The lowest BCUT2D eigenvalue weighted by molar-refractivity contribution is -0.148. The molecular formula is C14H25N3O2. The second kappa shape index (κ2) is 5.77. The van der Waals surface area contributed by atoms with Crippen LogP contribution in [-0.4, -0.2) is 73.2 Å². The highest BCUT2D eigenvalue weighted by Gasteiger charge is 2.42. The Morgan fingerprint density at radius 3 is 2.89 bits per heavy atom. The van der Waals surface area contributed by atoms with Gasteiger partial charge in [-0.05, 0) is 25.8 Å². The molecule has 0 saturated carbocycles. The summed E-state index contributed by atoms with van der Waals surface area (Å²) in [7, 11) is 0. The third kappa shape index (κ3) is 2.64. The van der Waals surface area contributed by atoms with Gasteiger partial charge in [0.15, 0.2) is 0 Å². The number of rotatable bonds is 2. The Hall–Kier alpha value is -0.650. The van der Waals surface area contributed by atoms with E-state index in [2.05, 4.69) is 22.0 Å². The van der Waals surface area contributed by atoms with Gasteiger partial charge in [-0.1, -0.05) is 6.92 Å². The van der Waals surface area contributed by atoms with Crippen molar-refractivity contribution in [2.45, 2.75) is 44.4 Å². The molecule has 3 fully saturated rings. The minimum Gasteiger partial charge on any atom is -0.366 e. The van der Waals surface area contributed by atoms with E-state index in [1.54, 1.807) is 0 Å². The largest absolute Gasteiger partial charge is 0.366 e. The lowest BCUT2D eigenvalue weighted by atomic mass is 10.1. The van der Waals surface area contributed by atoms with Crippen LogP contribution in [0.4, 0.5) is 0 Å². The molecule has 5 nitrogen and oxygen atoms in total. The number of hydrogen-bond donors (Lipinski definition) is 1. The highest BCUT2D eigenvalue weighted by molar-refractivity contribution is 5.82. The summed E-state index contributed by atoms with van der Waals surface area (Å²) in [6.07, 6.45) is 3.20. The van der Waals surface area contributed by atoms with Crippen LogP contribution < -0.4 is 5.32 Å². The molecule has 0 aromatic carbocycles. The van der Waals surface area contributed by atoms with Crippen molar-refractivity contribution < 1.29 is 9.53 Å². The number of likely N-dealkylation sites (N-methyl/N-ethyl adjacent to an activating group) is 1. The molecule has 0 radical (unpaired) electrons. The van der Waals surface area contributed by atoms with Gasteiger partial charge in [0.05, 0.1) is 6.61 Å². The predicted molar refractivity (Wildman–Crippen MR) is 73.0 cm³/mol. The molecule has 3 saturated heterocycles. The molecule has 19 heavy (non-hydrogen) atoms. The molecule has 3 unspecified atom stereocenters. The lowest BCUT2D eigenvalue weighted by Gasteiger charge is -2.33. The van der Waals surface area contributed by atoms with Crippen molar-refractivity contribution in [2.24, 2.45) is 0 Å². The highest BCUT2D eigenvalue weighted by Crippen LogP contribution is 2.31.